The molecule has 0 heterocycles. The molecule has 0 saturated heterocycles. The smallest absolute Gasteiger partial charge is 0.330 e. The van der Waals surface area contributed by atoms with Crippen molar-refractivity contribution < 1.29 is 34.0 Å². The minimum Gasteiger partial charge on any atom is -0.463 e. The summed E-state index contributed by atoms with van der Waals surface area (Å²) in [5, 5.41) is 17.2. The van der Waals surface area contributed by atoms with E-state index >= 15 is 0 Å². The van der Waals surface area contributed by atoms with Crippen molar-refractivity contribution in [3.8, 4) is 0 Å². The van der Waals surface area contributed by atoms with Crippen LogP contribution in [0.2, 0.25) is 0 Å². The van der Waals surface area contributed by atoms with Crippen molar-refractivity contribution >= 4 is 5.97 Å². The average Bonchev–Trinajstić information content (AvgIpc) is 2.66. The summed E-state index contributed by atoms with van der Waals surface area (Å²) < 4.78 is 19.2. The number of hydrogen-bond donors (Lipinski definition) is 2. The molecule has 0 saturated carbocycles. The van der Waals surface area contributed by atoms with Crippen LogP contribution in [0.3, 0.4) is 0 Å². The van der Waals surface area contributed by atoms with Gasteiger partial charge in [-0.15, -0.1) is 0 Å². The van der Waals surface area contributed by atoms with Crippen molar-refractivity contribution in [3.63, 3.8) is 0 Å². The van der Waals surface area contributed by atoms with Crippen molar-refractivity contribution in [1.82, 2.24) is 0 Å². The molecular formula is C19H38O7. The maximum Gasteiger partial charge on any atom is 0.330 e. The molecule has 0 aromatic carbocycles. The number of carbonyl (C=O) groups excluding carboxylic acids is 1. The first-order valence-corrected chi connectivity index (χ1v) is 9.38. The summed E-state index contributed by atoms with van der Waals surface area (Å²) in [7, 11) is 1.40. The molecule has 0 aliphatic rings. The van der Waals surface area contributed by atoms with Gasteiger partial charge in [0, 0.05) is 13.2 Å². The molecule has 0 aromatic rings. The van der Waals surface area contributed by atoms with Crippen LogP contribution in [0.4, 0.5) is 0 Å². The van der Waals surface area contributed by atoms with Crippen LogP contribution in [-0.4, -0.2) is 69.2 Å². The Kier molecular flexibility index (Phi) is 25.1. The second-order valence-electron chi connectivity index (χ2n) is 5.59. The lowest BCUT2D eigenvalue weighted by atomic mass is 10.1. The molecule has 7 nitrogen and oxygen atoms in total. The number of rotatable bonds is 17. The highest BCUT2D eigenvalue weighted by molar-refractivity contribution is 5.81. The number of esters is 1. The molecule has 26 heavy (non-hydrogen) atoms. The van der Waals surface area contributed by atoms with Gasteiger partial charge in [0.1, 0.15) is 0 Å². The summed E-state index contributed by atoms with van der Waals surface area (Å²) in [4.78, 5) is 10.6. The van der Waals surface area contributed by atoms with Gasteiger partial charge in [-0.25, -0.2) is 4.79 Å². The third kappa shape index (κ3) is 25.3. The molecule has 0 bridgehead atoms. The number of aliphatic hydroxyl groups is 2. The van der Waals surface area contributed by atoms with Gasteiger partial charge in [-0.1, -0.05) is 52.0 Å². The van der Waals surface area contributed by atoms with Gasteiger partial charge >= 0.3 is 5.97 Å². The van der Waals surface area contributed by atoms with E-state index in [2.05, 4.69) is 18.2 Å². The molecule has 2 N–H and O–H groups in total. The number of ether oxygens (including phenoxy) is 4. The summed E-state index contributed by atoms with van der Waals surface area (Å²) >= 11 is 0. The summed E-state index contributed by atoms with van der Waals surface area (Å²) in [5.41, 5.74) is 0. The van der Waals surface area contributed by atoms with Crippen LogP contribution in [0.5, 0.6) is 0 Å². The average molecular weight is 379 g/mol. The fraction of sp³-hybridized carbons (Fsp3) is 0.842. The van der Waals surface area contributed by atoms with Crippen molar-refractivity contribution in [2.75, 3.05) is 46.8 Å². The molecule has 0 rings (SSSR count). The lowest BCUT2D eigenvalue weighted by Gasteiger charge is -2.08. The van der Waals surface area contributed by atoms with E-state index in [9.17, 15) is 4.79 Å². The Balaban J connectivity index is 0. The van der Waals surface area contributed by atoms with E-state index in [0.717, 1.165) is 12.8 Å². The normalized spacial score (nSPS) is 11.4. The van der Waals surface area contributed by atoms with Crippen LogP contribution in [0.1, 0.15) is 51.9 Å². The summed E-state index contributed by atoms with van der Waals surface area (Å²) in [5.74, 6) is -0.309. The minimum atomic E-state index is -0.872. The second kappa shape index (κ2) is 24.0. The Bertz CT molecular complexity index is 298. The van der Waals surface area contributed by atoms with Gasteiger partial charge in [0.2, 0.25) is 0 Å². The lowest BCUT2D eigenvalue weighted by Crippen LogP contribution is -2.19. The fourth-order valence-corrected chi connectivity index (χ4v) is 1.83. The molecule has 0 aliphatic heterocycles. The van der Waals surface area contributed by atoms with Crippen molar-refractivity contribution in [2.24, 2.45) is 0 Å². The van der Waals surface area contributed by atoms with E-state index in [1.807, 2.05) is 0 Å². The SMILES string of the molecule is C=CC(=O)OCCCCCCCCC.COC(O)COCCOCCO. The largest absolute Gasteiger partial charge is 0.463 e. The van der Waals surface area contributed by atoms with Gasteiger partial charge < -0.3 is 29.2 Å². The zero-order valence-corrected chi connectivity index (χ0v) is 16.5. The van der Waals surface area contributed by atoms with Crippen molar-refractivity contribution in [2.45, 2.75) is 58.2 Å². The zero-order chi connectivity index (χ0) is 19.9. The van der Waals surface area contributed by atoms with Crippen LogP contribution in [0.25, 0.3) is 0 Å². The van der Waals surface area contributed by atoms with Gasteiger partial charge in [-0.2, -0.15) is 0 Å². The molecule has 1 atom stereocenters. The summed E-state index contributed by atoms with van der Waals surface area (Å²) in [6, 6.07) is 0. The Morgan fingerprint density at radius 3 is 2.19 bits per heavy atom. The predicted octanol–water partition coefficient (Wildman–Crippen LogP) is 2.44. The molecule has 1 unspecified atom stereocenters. The van der Waals surface area contributed by atoms with Gasteiger partial charge in [-0.3, -0.25) is 0 Å². The third-order valence-electron chi connectivity index (χ3n) is 3.30. The molecule has 0 aliphatic carbocycles. The first kappa shape index (κ1) is 27.2. The highest BCUT2D eigenvalue weighted by Gasteiger charge is 1.99. The molecule has 0 amide bonds. The highest BCUT2D eigenvalue weighted by atomic mass is 16.6. The maximum atomic E-state index is 10.6. The molecule has 156 valence electrons. The third-order valence-corrected chi connectivity index (χ3v) is 3.30. The maximum absolute atomic E-state index is 10.6. The van der Waals surface area contributed by atoms with E-state index < -0.39 is 6.29 Å². The number of carbonyl (C=O) groups is 1. The Labute approximate surface area is 158 Å². The second-order valence-corrected chi connectivity index (χ2v) is 5.59. The van der Waals surface area contributed by atoms with Crippen LogP contribution < -0.4 is 0 Å². The quantitative estimate of drug-likeness (QED) is 0.174. The first-order chi connectivity index (χ1) is 12.6. The van der Waals surface area contributed by atoms with E-state index in [1.54, 1.807) is 0 Å². The molecule has 0 radical (unpaired) electrons. The summed E-state index contributed by atoms with van der Waals surface area (Å²) in [6.07, 6.45) is 9.00. The molecule has 0 spiro atoms. The van der Waals surface area contributed by atoms with E-state index in [0.29, 0.717) is 26.4 Å². The van der Waals surface area contributed by atoms with Crippen LogP contribution in [0, 0.1) is 0 Å². The van der Waals surface area contributed by atoms with Gasteiger partial charge in [0.05, 0.1) is 39.6 Å². The molecule has 0 fully saturated rings. The summed E-state index contributed by atoms with van der Waals surface area (Å²) in [6.45, 7) is 7.36. The predicted molar refractivity (Wildman–Crippen MR) is 101 cm³/mol. The number of hydrogen-bond acceptors (Lipinski definition) is 7. The number of unbranched alkanes of at least 4 members (excludes halogenated alkanes) is 6. The van der Waals surface area contributed by atoms with E-state index in [-0.39, 0.29) is 19.2 Å². The molecule has 0 aromatic heterocycles. The standard InChI is InChI=1S/C12H22O2.C7H16O5/c1-3-5-6-7-8-9-10-11-14-12(13)4-2;1-10-7(9)6-12-5-4-11-3-2-8/h4H,2-3,5-11H2,1H3;7-9H,2-6H2,1H3. The molecule has 7 heteroatoms. The van der Waals surface area contributed by atoms with Crippen LogP contribution >= 0.6 is 0 Å². The first-order valence-electron chi connectivity index (χ1n) is 9.38. The Hall–Kier alpha value is -0.990. The number of methoxy groups -OCH3 is 1. The van der Waals surface area contributed by atoms with Gasteiger partial charge in [-0.05, 0) is 6.42 Å². The van der Waals surface area contributed by atoms with Crippen LogP contribution in [-0.2, 0) is 23.7 Å². The van der Waals surface area contributed by atoms with Gasteiger partial charge in [0.15, 0.2) is 6.29 Å². The highest BCUT2D eigenvalue weighted by Crippen LogP contribution is 2.06. The van der Waals surface area contributed by atoms with Gasteiger partial charge in [0.25, 0.3) is 0 Å². The fourth-order valence-electron chi connectivity index (χ4n) is 1.83. The lowest BCUT2D eigenvalue weighted by molar-refractivity contribution is -0.137. The van der Waals surface area contributed by atoms with Crippen molar-refractivity contribution in [3.05, 3.63) is 12.7 Å². The monoisotopic (exact) mass is 378 g/mol. The minimum absolute atomic E-state index is 0.0146. The topological polar surface area (TPSA) is 94.5 Å². The van der Waals surface area contributed by atoms with E-state index in [4.69, 9.17) is 24.4 Å². The van der Waals surface area contributed by atoms with Crippen LogP contribution in [0.15, 0.2) is 12.7 Å². The van der Waals surface area contributed by atoms with Crippen molar-refractivity contribution in [1.29, 1.82) is 0 Å². The van der Waals surface area contributed by atoms with E-state index in [1.165, 1.54) is 45.3 Å². The Morgan fingerprint density at radius 2 is 1.62 bits per heavy atom. The molecular weight excluding hydrogens is 340 g/mol. The number of aliphatic hydroxyl groups excluding tert-OH is 2. The zero-order valence-electron chi connectivity index (χ0n) is 16.5. The Morgan fingerprint density at radius 1 is 1.00 bits per heavy atom.